The maximum atomic E-state index is 11.6. The molecule has 19 heavy (non-hydrogen) atoms. The van der Waals surface area contributed by atoms with Crippen molar-refractivity contribution in [3.63, 3.8) is 0 Å². The molecule has 0 spiro atoms. The fourth-order valence-corrected chi connectivity index (χ4v) is 1.87. The predicted octanol–water partition coefficient (Wildman–Crippen LogP) is 2.75. The van der Waals surface area contributed by atoms with E-state index in [4.69, 9.17) is 11.6 Å². The highest BCUT2D eigenvalue weighted by Gasteiger charge is 2.15. The monoisotopic (exact) mass is 276 g/mol. The number of nitrogens with one attached hydrogen (secondary N) is 1. The van der Waals surface area contributed by atoms with Crippen LogP contribution in [0.4, 0.5) is 5.69 Å². The molecular formula is C14H13ClN2O2. The van der Waals surface area contributed by atoms with Gasteiger partial charge in [0.15, 0.2) is 0 Å². The van der Waals surface area contributed by atoms with Gasteiger partial charge in [-0.2, -0.15) is 0 Å². The molecule has 2 rings (SSSR count). The molecule has 0 heterocycles. The molecule has 0 aliphatic heterocycles. The second kappa shape index (κ2) is 5.28. The molecule has 1 aliphatic carbocycles. The number of aliphatic imine (C=N–C) groups is 1. The first-order valence-electron chi connectivity index (χ1n) is 5.71. The number of halogens is 1. The highest BCUT2D eigenvalue weighted by molar-refractivity contribution is 6.32. The number of nitrogens with zero attached hydrogens (tertiary/aromatic N) is 1. The van der Waals surface area contributed by atoms with E-state index < -0.39 is 0 Å². The average molecular weight is 277 g/mol. The minimum absolute atomic E-state index is 0.0168. The normalized spacial score (nSPS) is 17.2. The fraction of sp³-hybridized carbons (Fsp3) is 0.143. The molecule has 0 aromatic heterocycles. The number of carbonyl (C=O) groups excluding carboxylic acids is 1. The van der Waals surface area contributed by atoms with Crippen molar-refractivity contribution in [3.8, 4) is 5.75 Å². The number of likely N-dealkylation sites (N-methyl/N-ethyl adjacent to an activating group) is 1. The van der Waals surface area contributed by atoms with Crippen molar-refractivity contribution < 1.29 is 9.90 Å². The van der Waals surface area contributed by atoms with Crippen LogP contribution in [0.5, 0.6) is 5.75 Å². The number of carbonyl (C=O) groups is 1. The van der Waals surface area contributed by atoms with Crippen LogP contribution in [0.25, 0.3) is 0 Å². The van der Waals surface area contributed by atoms with E-state index in [0.29, 0.717) is 17.1 Å². The van der Waals surface area contributed by atoms with Crippen molar-refractivity contribution in [2.75, 3.05) is 7.05 Å². The van der Waals surface area contributed by atoms with Gasteiger partial charge in [-0.3, -0.25) is 4.79 Å². The van der Waals surface area contributed by atoms with Crippen LogP contribution in [-0.4, -0.2) is 23.6 Å². The number of benzene rings is 1. The van der Waals surface area contributed by atoms with Gasteiger partial charge in [-0.05, 0) is 42.8 Å². The van der Waals surface area contributed by atoms with Crippen molar-refractivity contribution in [1.82, 2.24) is 5.32 Å². The molecule has 0 unspecified atom stereocenters. The van der Waals surface area contributed by atoms with Gasteiger partial charge in [-0.25, -0.2) is 4.99 Å². The van der Waals surface area contributed by atoms with Crippen LogP contribution in [0.1, 0.15) is 6.92 Å². The third-order valence-electron chi connectivity index (χ3n) is 2.75. The van der Waals surface area contributed by atoms with Crippen LogP contribution < -0.4 is 5.32 Å². The van der Waals surface area contributed by atoms with Crippen LogP contribution >= 0.6 is 11.6 Å². The van der Waals surface area contributed by atoms with Gasteiger partial charge < -0.3 is 10.4 Å². The van der Waals surface area contributed by atoms with Crippen LogP contribution in [0.3, 0.4) is 0 Å². The Labute approximate surface area is 116 Å². The van der Waals surface area contributed by atoms with Crippen molar-refractivity contribution >= 4 is 28.8 Å². The number of aromatic hydroxyl groups is 1. The van der Waals surface area contributed by atoms with Crippen molar-refractivity contribution in [2.45, 2.75) is 6.92 Å². The van der Waals surface area contributed by atoms with Gasteiger partial charge in [0, 0.05) is 7.05 Å². The summed E-state index contributed by atoms with van der Waals surface area (Å²) in [6.07, 6.45) is 3.23. The Hall–Kier alpha value is -2.07. The molecule has 1 aromatic carbocycles. The molecule has 0 bridgehead atoms. The summed E-state index contributed by atoms with van der Waals surface area (Å²) >= 11 is 5.83. The van der Waals surface area contributed by atoms with Gasteiger partial charge in [0.05, 0.1) is 22.1 Å². The Balaban J connectivity index is 2.42. The first-order valence-corrected chi connectivity index (χ1v) is 6.08. The van der Waals surface area contributed by atoms with Gasteiger partial charge in [-0.1, -0.05) is 11.6 Å². The van der Waals surface area contributed by atoms with Gasteiger partial charge in [0.1, 0.15) is 5.75 Å². The van der Waals surface area contributed by atoms with Gasteiger partial charge in [-0.15, -0.1) is 0 Å². The molecule has 0 amide bonds. The molecular weight excluding hydrogens is 264 g/mol. The molecule has 98 valence electrons. The number of phenolic OH excluding ortho intramolecular Hbond substituents is 1. The van der Waals surface area contributed by atoms with E-state index in [1.54, 1.807) is 25.3 Å². The van der Waals surface area contributed by atoms with Crippen molar-refractivity contribution in [1.29, 1.82) is 0 Å². The zero-order valence-corrected chi connectivity index (χ0v) is 11.3. The lowest BCUT2D eigenvalue weighted by molar-refractivity contribution is -0.111. The van der Waals surface area contributed by atoms with E-state index in [1.165, 1.54) is 12.1 Å². The molecule has 1 aliphatic rings. The molecule has 4 nitrogen and oxygen atoms in total. The zero-order valence-electron chi connectivity index (χ0n) is 10.6. The summed E-state index contributed by atoms with van der Waals surface area (Å²) in [5, 5.41) is 12.4. The van der Waals surface area contributed by atoms with Crippen molar-refractivity contribution in [2.24, 2.45) is 4.99 Å². The molecule has 0 radical (unpaired) electrons. The molecule has 0 saturated heterocycles. The lowest BCUT2D eigenvalue weighted by atomic mass is 10.0. The van der Waals surface area contributed by atoms with E-state index in [-0.39, 0.29) is 16.6 Å². The first-order chi connectivity index (χ1) is 9.01. The highest BCUT2D eigenvalue weighted by Crippen LogP contribution is 2.28. The summed E-state index contributed by atoms with van der Waals surface area (Å²) in [5.74, 6) is -0.0501. The topological polar surface area (TPSA) is 61.7 Å². The first kappa shape index (κ1) is 13.4. The summed E-state index contributed by atoms with van der Waals surface area (Å²) in [4.78, 5) is 16.0. The van der Waals surface area contributed by atoms with E-state index in [0.717, 1.165) is 5.57 Å². The molecule has 5 heteroatoms. The fourth-order valence-electron chi connectivity index (χ4n) is 1.69. The Bertz CT molecular complexity index is 630. The molecule has 0 atom stereocenters. The predicted molar refractivity (Wildman–Crippen MR) is 76.1 cm³/mol. The number of allylic oxidation sites excluding steroid dienone is 3. The minimum Gasteiger partial charge on any atom is -0.506 e. The zero-order chi connectivity index (χ0) is 14.0. The Morgan fingerprint density at radius 3 is 2.68 bits per heavy atom. The standard InChI is InChI=1S/C14H13ClN2O2/c1-8-5-14(19)12(16-2)7-11(8)17-9-3-4-13(18)10(15)6-9/h3-7,16,18H,1-2H3. The molecule has 2 N–H and O–H groups in total. The molecule has 0 saturated carbocycles. The third kappa shape index (κ3) is 2.85. The van der Waals surface area contributed by atoms with Crippen LogP contribution in [-0.2, 0) is 4.79 Å². The maximum absolute atomic E-state index is 11.6. The SMILES string of the molecule is CNC1=CC(=Nc2ccc(O)c(Cl)c2)C(C)=CC1=O. The van der Waals surface area contributed by atoms with Crippen LogP contribution in [0.2, 0.25) is 5.02 Å². The van der Waals surface area contributed by atoms with Crippen LogP contribution in [0, 0.1) is 0 Å². The summed E-state index contributed by atoms with van der Waals surface area (Å²) in [6, 6.07) is 4.71. The quantitative estimate of drug-likeness (QED) is 0.817. The van der Waals surface area contributed by atoms with Crippen molar-refractivity contribution in [3.05, 3.63) is 46.6 Å². The van der Waals surface area contributed by atoms with E-state index in [2.05, 4.69) is 10.3 Å². The molecule has 0 fully saturated rings. The summed E-state index contributed by atoms with van der Waals surface area (Å²) in [5.41, 5.74) is 2.58. The summed E-state index contributed by atoms with van der Waals surface area (Å²) in [7, 11) is 1.69. The Kier molecular flexibility index (Phi) is 3.71. The third-order valence-corrected chi connectivity index (χ3v) is 3.05. The number of hydrogen-bond acceptors (Lipinski definition) is 4. The number of ketones is 1. The lowest BCUT2D eigenvalue weighted by Crippen LogP contribution is -2.20. The second-order valence-corrected chi connectivity index (χ2v) is 4.54. The van der Waals surface area contributed by atoms with E-state index in [9.17, 15) is 9.90 Å². The van der Waals surface area contributed by atoms with Gasteiger partial charge in [0.2, 0.25) is 5.78 Å². The smallest absolute Gasteiger partial charge is 0.202 e. The average Bonchev–Trinajstić information content (AvgIpc) is 2.37. The number of hydrogen-bond donors (Lipinski definition) is 2. The van der Waals surface area contributed by atoms with Gasteiger partial charge in [0.25, 0.3) is 0 Å². The Morgan fingerprint density at radius 1 is 1.32 bits per heavy atom. The maximum Gasteiger partial charge on any atom is 0.202 e. The lowest BCUT2D eigenvalue weighted by Gasteiger charge is -2.12. The number of rotatable bonds is 2. The summed E-state index contributed by atoms with van der Waals surface area (Å²) in [6.45, 7) is 1.82. The summed E-state index contributed by atoms with van der Waals surface area (Å²) < 4.78 is 0. The number of phenols is 1. The minimum atomic E-state index is -0.0670. The van der Waals surface area contributed by atoms with E-state index in [1.807, 2.05) is 6.92 Å². The van der Waals surface area contributed by atoms with Gasteiger partial charge >= 0.3 is 0 Å². The molecule has 1 aromatic rings. The van der Waals surface area contributed by atoms with Crippen LogP contribution in [0.15, 0.2) is 46.6 Å². The second-order valence-electron chi connectivity index (χ2n) is 4.13. The Morgan fingerprint density at radius 2 is 2.05 bits per heavy atom. The highest BCUT2D eigenvalue weighted by atomic mass is 35.5. The largest absolute Gasteiger partial charge is 0.506 e. The van der Waals surface area contributed by atoms with E-state index >= 15 is 0 Å².